The summed E-state index contributed by atoms with van der Waals surface area (Å²) in [4.78, 5) is 28.2. The van der Waals surface area contributed by atoms with Gasteiger partial charge in [0.15, 0.2) is 5.54 Å². The Hall–Kier alpha value is -3.66. The summed E-state index contributed by atoms with van der Waals surface area (Å²) in [6, 6.07) is 25.3. The molecule has 1 aliphatic heterocycles. The molecule has 0 bridgehead atoms. The first-order chi connectivity index (χ1) is 14.9. The van der Waals surface area contributed by atoms with Crippen molar-refractivity contribution >= 4 is 29.3 Å². The Morgan fingerprint density at radius 2 is 1.58 bits per heavy atom. The molecule has 1 aliphatic rings. The summed E-state index contributed by atoms with van der Waals surface area (Å²) in [6.07, 6.45) is 2.12. The summed E-state index contributed by atoms with van der Waals surface area (Å²) >= 11 is 0. The molecule has 1 saturated heterocycles. The first-order valence-electron chi connectivity index (χ1n) is 10.4. The van der Waals surface area contributed by atoms with Gasteiger partial charge >= 0.3 is 0 Å². The van der Waals surface area contributed by atoms with Crippen molar-refractivity contribution in [1.29, 1.82) is 0 Å². The van der Waals surface area contributed by atoms with E-state index in [0.717, 1.165) is 33.6 Å². The average Bonchev–Trinajstić information content (AvgIpc) is 2.75. The van der Waals surface area contributed by atoms with E-state index in [9.17, 15) is 9.59 Å². The molecule has 2 amide bonds. The van der Waals surface area contributed by atoms with Gasteiger partial charge in [-0.05, 0) is 55.7 Å². The number of amides is 2. The first kappa shape index (κ1) is 20.6. The Morgan fingerprint density at radius 3 is 2.23 bits per heavy atom. The minimum Gasteiger partial charge on any atom is -0.323 e. The Kier molecular flexibility index (Phi) is 5.47. The van der Waals surface area contributed by atoms with Gasteiger partial charge in [0.25, 0.3) is 5.91 Å². The molecule has 1 atom stereocenters. The smallest absolute Gasteiger partial charge is 0.255 e. The van der Waals surface area contributed by atoms with Crippen LogP contribution in [0.5, 0.6) is 0 Å². The zero-order chi connectivity index (χ0) is 22.0. The second kappa shape index (κ2) is 8.23. The predicted octanol–water partition coefficient (Wildman–Crippen LogP) is 5.52. The molecule has 1 fully saturated rings. The van der Waals surface area contributed by atoms with Gasteiger partial charge in [0.1, 0.15) is 0 Å². The third-order valence-electron chi connectivity index (χ3n) is 5.93. The molecule has 3 aromatic rings. The highest BCUT2D eigenvalue weighted by atomic mass is 16.2. The lowest BCUT2D eigenvalue weighted by atomic mass is 9.75. The maximum atomic E-state index is 13.8. The molecule has 31 heavy (non-hydrogen) atoms. The summed E-state index contributed by atoms with van der Waals surface area (Å²) in [5.41, 5.74) is 4.29. The van der Waals surface area contributed by atoms with Gasteiger partial charge in [-0.2, -0.15) is 0 Å². The van der Waals surface area contributed by atoms with E-state index in [-0.39, 0.29) is 18.2 Å². The van der Waals surface area contributed by atoms with Crippen molar-refractivity contribution in [2.24, 2.45) is 0 Å². The van der Waals surface area contributed by atoms with Crippen molar-refractivity contribution < 1.29 is 9.59 Å². The quantitative estimate of drug-likeness (QED) is 0.563. The fourth-order valence-electron chi connectivity index (χ4n) is 4.09. The number of aryl methyl sites for hydroxylation is 2. The van der Waals surface area contributed by atoms with Crippen LogP contribution in [0.2, 0.25) is 0 Å². The number of hydrogen-bond acceptors (Lipinski definition) is 2. The molecule has 4 rings (SSSR count). The summed E-state index contributed by atoms with van der Waals surface area (Å²) in [7, 11) is 0. The monoisotopic (exact) mass is 410 g/mol. The number of rotatable bonds is 5. The van der Waals surface area contributed by atoms with E-state index in [1.165, 1.54) is 0 Å². The molecule has 4 nitrogen and oxygen atoms in total. The van der Waals surface area contributed by atoms with Crippen molar-refractivity contribution in [3.8, 4) is 0 Å². The van der Waals surface area contributed by atoms with Crippen molar-refractivity contribution in [1.82, 2.24) is 0 Å². The molecule has 0 spiro atoms. The number of carbonyl (C=O) groups excluding carboxylic acids is 2. The number of hydrogen-bond donors (Lipinski definition) is 1. The zero-order valence-corrected chi connectivity index (χ0v) is 18.1. The van der Waals surface area contributed by atoms with E-state index in [1.807, 2.05) is 106 Å². The lowest BCUT2D eigenvalue weighted by molar-refractivity contribution is -0.135. The molecular weight excluding hydrogens is 384 g/mol. The Labute approximate surface area is 183 Å². The largest absolute Gasteiger partial charge is 0.323 e. The van der Waals surface area contributed by atoms with Gasteiger partial charge in [0.2, 0.25) is 5.91 Å². The van der Waals surface area contributed by atoms with Crippen LogP contribution >= 0.6 is 0 Å². The molecular formula is C27H26N2O2. The number of carbonyl (C=O) groups is 2. The van der Waals surface area contributed by atoms with Crippen LogP contribution in [0, 0.1) is 13.8 Å². The van der Waals surface area contributed by atoms with Crippen LogP contribution in [0.25, 0.3) is 6.08 Å². The third kappa shape index (κ3) is 3.77. The number of nitrogens with one attached hydrogen (secondary N) is 1. The van der Waals surface area contributed by atoms with E-state index < -0.39 is 5.54 Å². The van der Waals surface area contributed by atoms with Crippen LogP contribution in [0.3, 0.4) is 0 Å². The van der Waals surface area contributed by atoms with Gasteiger partial charge in [0.05, 0.1) is 6.42 Å². The van der Waals surface area contributed by atoms with Crippen LogP contribution < -0.4 is 10.2 Å². The molecule has 0 radical (unpaired) electrons. The lowest BCUT2D eigenvalue weighted by Crippen LogP contribution is -2.70. The lowest BCUT2D eigenvalue weighted by Gasteiger charge is -2.51. The highest BCUT2D eigenvalue weighted by Crippen LogP contribution is 2.43. The van der Waals surface area contributed by atoms with Crippen LogP contribution in [-0.4, -0.2) is 17.4 Å². The van der Waals surface area contributed by atoms with E-state index in [2.05, 4.69) is 5.32 Å². The molecule has 1 heterocycles. The van der Waals surface area contributed by atoms with Crippen LogP contribution in [0.15, 0.2) is 84.4 Å². The standard InChI is InChI=1S/C27H26N2O2/c1-19-13-15-23(16-14-19)29-25(30)18-27(29,21(3)17-22-10-5-4-6-11-22)26(31)28-24-12-8-7-9-20(24)2/h4-17H,18H2,1-3H3,(H,28,31)/b21-17+/t27-/m0/s1. The Bertz CT molecular complexity index is 1150. The zero-order valence-electron chi connectivity index (χ0n) is 18.1. The van der Waals surface area contributed by atoms with Gasteiger partial charge in [-0.3, -0.25) is 14.5 Å². The van der Waals surface area contributed by atoms with Crippen molar-refractivity contribution in [3.63, 3.8) is 0 Å². The maximum Gasteiger partial charge on any atom is 0.255 e. The Morgan fingerprint density at radius 1 is 0.935 bits per heavy atom. The van der Waals surface area contributed by atoms with E-state index in [1.54, 1.807) is 4.90 Å². The van der Waals surface area contributed by atoms with Gasteiger partial charge < -0.3 is 5.32 Å². The number of anilines is 2. The van der Waals surface area contributed by atoms with E-state index in [0.29, 0.717) is 0 Å². The number of para-hydroxylation sites is 1. The number of nitrogens with zero attached hydrogens (tertiary/aromatic N) is 1. The van der Waals surface area contributed by atoms with Crippen LogP contribution in [-0.2, 0) is 9.59 Å². The summed E-state index contributed by atoms with van der Waals surface area (Å²) < 4.78 is 0. The molecule has 0 aromatic heterocycles. The fourth-order valence-corrected chi connectivity index (χ4v) is 4.09. The molecule has 0 unspecified atom stereocenters. The molecule has 0 aliphatic carbocycles. The first-order valence-corrected chi connectivity index (χ1v) is 10.4. The van der Waals surface area contributed by atoms with Crippen LogP contribution in [0.1, 0.15) is 30.0 Å². The molecule has 0 saturated carbocycles. The minimum absolute atomic E-state index is 0.0652. The summed E-state index contributed by atoms with van der Waals surface area (Å²) in [6.45, 7) is 5.89. The molecule has 3 aromatic carbocycles. The van der Waals surface area contributed by atoms with Gasteiger partial charge in [0, 0.05) is 11.4 Å². The summed E-state index contributed by atoms with van der Waals surface area (Å²) in [5.74, 6) is -0.267. The van der Waals surface area contributed by atoms with Gasteiger partial charge in [-0.25, -0.2) is 0 Å². The number of benzene rings is 3. The van der Waals surface area contributed by atoms with Crippen molar-refractivity contribution in [2.45, 2.75) is 32.7 Å². The van der Waals surface area contributed by atoms with Gasteiger partial charge in [-0.1, -0.05) is 72.3 Å². The Balaban J connectivity index is 1.79. The van der Waals surface area contributed by atoms with Crippen LogP contribution in [0.4, 0.5) is 11.4 Å². The minimum atomic E-state index is -1.08. The predicted molar refractivity (Wildman–Crippen MR) is 126 cm³/mol. The van der Waals surface area contributed by atoms with Gasteiger partial charge in [-0.15, -0.1) is 0 Å². The average molecular weight is 411 g/mol. The van der Waals surface area contributed by atoms with Crippen molar-refractivity contribution in [2.75, 3.05) is 10.2 Å². The van der Waals surface area contributed by atoms with E-state index in [4.69, 9.17) is 0 Å². The molecule has 4 heteroatoms. The molecule has 156 valence electrons. The third-order valence-corrected chi connectivity index (χ3v) is 5.93. The SMILES string of the molecule is C/C(=C\c1ccccc1)[C@]1(C(=O)Nc2ccccc2C)CC(=O)N1c1ccc(C)cc1. The second-order valence-electron chi connectivity index (χ2n) is 8.11. The highest BCUT2D eigenvalue weighted by molar-refractivity contribution is 6.19. The second-order valence-corrected chi connectivity index (χ2v) is 8.11. The highest BCUT2D eigenvalue weighted by Gasteiger charge is 2.58. The fraction of sp³-hybridized carbons (Fsp3) is 0.185. The number of β-lactam (4-membered cyclic amide) rings is 1. The topological polar surface area (TPSA) is 49.4 Å². The summed E-state index contributed by atoms with van der Waals surface area (Å²) in [5, 5.41) is 3.08. The maximum absolute atomic E-state index is 13.8. The molecule has 1 N–H and O–H groups in total. The normalized spacial score (nSPS) is 18.5. The van der Waals surface area contributed by atoms with Crippen molar-refractivity contribution in [3.05, 3.63) is 101 Å². The van der Waals surface area contributed by atoms with E-state index >= 15 is 0 Å².